The summed E-state index contributed by atoms with van der Waals surface area (Å²) in [5, 5.41) is 3.44. The molecule has 1 unspecified atom stereocenters. The fraction of sp³-hybridized carbons (Fsp3) is 0.647. The molecular formula is C17H28FN. The smallest absolute Gasteiger partial charge is 0.123 e. The fourth-order valence-corrected chi connectivity index (χ4v) is 2.39. The maximum absolute atomic E-state index is 12.9. The SMILES string of the molecule is CCNCC(CCCC(C)C)Cc1ccc(F)cc1. The molecule has 1 N–H and O–H groups in total. The third-order valence-electron chi connectivity index (χ3n) is 3.51. The highest BCUT2D eigenvalue weighted by molar-refractivity contribution is 5.16. The van der Waals surface area contributed by atoms with Crippen molar-refractivity contribution in [3.63, 3.8) is 0 Å². The minimum absolute atomic E-state index is 0.146. The number of hydrogen-bond donors (Lipinski definition) is 1. The summed E-state index contributed by atoms with van der Waals surface area (Å²) in [7, 11) is 0. The van der Waals surface area contributed by atoms with Gasteiger partial charge in [0.15, 0.2) is 0 Å². The first-order valence-corrected chi connectivity index (χ1v) is 7.57. The van der Waals surface area contributed by atoms with E-state index < -0.39 is 0 Å². The molecule has 0 amide bonds. The third-order valence-corrected chi connectivity index (χ3v) is 3.51. The molecule has 2 heteroatoms. The van der Waals surface area contributed by atoms with Crippen LogP contribution in [0.15, 0.2) is 24.3 Å². The molecule has 0 spiro atoms. The summed E-state index contributed by atoms with van der Waals surface area (Å²) >= 11 is 0. The highest BCUT2D eigenvalue weighted by atomic mass is 19.1. The van der Waals surface area contributed by atoms with Gasteiger partial charge < -0.3 is 5.32 Å². The van der Waals surface area contributed by atoms with Crippen molar-refractivity contribution >= 4 is 0 Å². The lowest BCUT2D eigenvalue weighted by molar-refractivity contribution is 0.410. The quantitative estimate of drug-likeness (QED) is 0.697. The van der Waals surface area contributed by atoms with Crippen LogP contribution in [0.2, 0.25) is 0 Å². The summed E-state index contributed by atoms with van der Waals surface area (Å²) in [5.41, 5.74) is 1.24. The van der Waals surface area contributed by atoms with E-state index in [4.69, 9.17) is 0 Å². The van der Waals surface area contributed by atoms with E-state index in [-0.39, 0.29) is 5.82 Å². The Kier molecular flexibility index (Phi) is 7.73. The van der Waals surface area contributed by atoms with Gasteiger partial charge in [-0.05, 0) is 55.5 Å². The molecule has 0 radical (unpaired) electrons. The molecule has 19 heavy (non-hydrogen) atoms. The molecule has 1 atom stereocenters. The van der Waals surface area contributed by atoms with Gasteiger partial charge in [0.25, 0.3) is 0 Å². The average molecular weight is 265 g/mol. The van der Waals surface area contributed by atoms with Gasteiger partial charge in [0.2, 0.25) is 0 Å². The van der Waals surface area contributed by atoms with Crippen molar-refractivity contribution in [1.82, 2.24) is 5.32 Å². The van der Waals surface area contributed by atoms with Crippen LogP contribution < -0.4 is 5.32 Å². The Morgan fingerprint density at radius 3 is 2.37 bits per heavy atom. The van der Waals surface area contributed by atoms with Gasteiger partial charge in [-0.25, -0.2) is 4.39 Å². The number of nitrogens with one attached hydrogen (secondary N) is 1. The molecule has 0 aliphatic heterocycles. The summed E-state index contributed by atoms with van der Waals surface area (Å²) in [6.07, 6.45) is 4.88. The van der Waals surface area contributed by atoms with Gasteiger partial charge in [0.05, 0.1) is 0 Å². The highest BCUT2D eigenvalue weighted by Crippen LogP contribution is 2.17. The van der Waals surface area contributed by atoms with E-state index in [2.05, 4.69) is 26.1 Å². The number of rotatable bonds is 9. The lowest BCUT2D eigenvalue weighted by Crippen LogP contribution is -2.24. The third kappa shape index (κ3) is 7.31. The molecule has 108 valence electrons. The Bertz CT molecular complexity index is 332. The zero-order valence-corrected chi connectivity index (χ0v) is 12.6. The van der Waals surface area contributed by atoms with Gasteiger partial charge >= 0.3 is 0 Å². The predicted octanol–water partition coefficient (Wildman–Crippen LogP) is 4.42. The van der Waals surface area contributed by atoms with Crippen LogP contribution in [-0.2, 0) is 6.42 Å². The van der Waals surface area contributed by atoms with Crippen molar-refractivity contribution < 1.29 is 4.39 Å². The molecule has 1 rings (SSSR count). The highest BCUT2D eigenvalue weighted by Gasteiger charge is 2.10. The Morgan fingerprint density at radius 2 is 1.79 bits per heavy atom. The van der Waals surface area contributed by atoms with Crippen LogP contribution >= 0.6 is 0 Å². The van der Waals surface area contributed by atoms with Gasteiger partial charge in [-0.2, -0.15) is 0 Å². The van der Waals surface area contributed by atoms with Crippen molar-refractivity contribution in [3.8, 4) is 0 Å². The molecule has 0 bridgehead atoms. The zero-order chi connectivity index (χ0) is 14.1. The molecule has 0 aromatic heterocycles. The van der Waals surface area contributed by atoms with Crippen LogP contribution in [0.5, 0.6) is 0 Å². The lowest BCUT2D eigenvalue weighted by atomic mass is 9.92. The van der Waals surface area contributed by atoms with Crippen molar-refractivity contribution in [3.05, 3.63) is 35.6 Å². The Hall–Kier alpha value is -0.890. The largest absolute Gasteiger partial charge is 0.317 e. The maximum Gasteiger partial charge on any atom is 0.123 e. The molecule has 0 aliphatic rings. The molecule has 0 fully saturated rings. The molecule has 1 aromatic rings. The van der Waals surface area contributed by atoms with Gasteiger partial charge in [-0.3, -0.25) is 0 Å². The monoisotopic (exact) mass is 265 g/mol. The topological polar surface area (TPSA) is 12.0 Å². The zero-order valence-electron chi connectivity index (χ0n) is 12.6. The second-order valence-electron chi connectivity index (χ2n) is 5.83. The minimum Gasteiger partial charge on any atom is -0.317 e. The molecule has 1 aromatic carbocycles. The van der Waals surface area contributed by atoms with Gasteiger partial charge in [0.1, 0.15) is 5.82 Å². The molecule has 0 aliphatic carbocycles. The average Bonchev–Trinajstić information content (AvgIpc) is 2.38. The molecule has 0 saturated carbocycles. The Morgan fingerprint density at radius 1 is 1.11 bits per heavy atom. The van der Waals surface area contributed by atoms with Crippen LogP contribution in [-0.4, -0.2) is 13.1 Å². The number of benzene rings is 1. The Labute approximate surface area is 117 Å². The molecular weight excluding hydrogens is 237 g/mol. The summed E-state index contributed by atoms with van der Waals surface area (Å²) in [5.74, 6) is 1.29. The van der Waals surface area contributed by atoms with Crippen LogP contribution in [0.4, 0.5) is 4.39 Å². The summed E-state index contributed by atoms with van der Waals surface area (Å²) in [6, 6.07) is 6.95. The summed E-state index contributed by atoms with van der Waals surface area (Å²) in [4.78, 5) is 0. The minimum atomic E-state index is -0.146. The summed E-state index contributed by atoms with van der Waals surface area (Å²) < 4.78 is 12.9. The normalized spacial score (nSPS) is 12.9. The van der Waals surface area contributed by atoms with Crippen molar-refractivity contribution in [2.24, 2.45) is 11.8 Å². The van der Waals surface area contributed by atoms with Crippen molar-refractivity contribution in [2.75, 3.05) is 13.1 Å². The van der Waals surface area contributed by atoms with Crippen molar-refractivity contribution in [2.45, 2.75) is 46.5 Å². The number of halogens is 1. The van der Waals surface area contributed by atoms with E-state index in [9.17, 15) is 4.39 Å². The summed E-state index contributed by atoms with van der Waals surface area (Å²) in [6.45, 7) is 8.78. The molecule has 0 heterocycles. The first-order chi connectivity index (χ1) is 9.11. The predicted molar refractivity (Wildman–Crippen MR) is 80.8 cm³/mol. The van der Waals surface area contributed by atoms with E-state index in [1.807, 2.05) is 12.1 Å². The first kappa shape index (κ1) is 16.2. The van der Waals surface area contributed by atoms with Crippen LogP contribution in [0.1, 0.15) is 45.6 Å². The van der Waals surface area contributed by atoms with E-state index in [1.165, 1.54) is 24.8 Å². The van der Waals surface area contributed by atoms with Gasteiger partial charge in [-0.1, -0.05) is 45.7 Å². The second-order valence-corrected chi connectivity index (χ2v) is 5.83. The van der Waals surface area contributed by atoms with E-state index in [0.717, 1.165) is 25.4 Å². The lowest BCUT2D eigenvalue weighted by Gasteiger charge is -2.18. The number of hydrogen-bond acceptors (Lipinski definition) is 1. The van der Waals surface area contributed by atoms with Crippen LogP contribution in [0.3, 0.4) is 0 Å². The van der Waals surface area contributed by atoms with Gasteiger partial charge in [-0.15, -0.1) is 0 Å². The van der Waals surface area contributed by atoms with E-state index >= 15 is 0 Å². The molecule has 1 nitrogen and oxygen atoms in total. The second kappa shape index (κ2) is 9.08. The van der Waals surface area contributed by atoms with Gasteiger partial charge in [0, 0.05) is 0 Å². The van der Waals surface area contributed by atoms with E-state index in [1.54, 1.807) is 12.1 Å². The first-order valence-electron chi connectivity index (χ1n) is 7.57. The Balaban J connectivity index is 2.45. The van der Waals surface area contributed by atoms with Crippen LogP contribution in [0.25, 0.3) is 0 Å². The maximum atomic E-state index is 12.9. The fourth-order valence-electron chi connectivity index (χ4n) is 2.39. The standard InChI is InChI=1S/C17H28FN/c1-4-19-13-16(7-5-6-14(2)3)12-15-8-10-17(18)11-9-15/h8-11,14,16,19H,4-7,12-13H2,1-3H3. The van der Waals surface area contributed by atoms with E-state index in [0.29, 0.717) is 5.92 Å². The van der Waals surface area contributed by atoms with Crippen LogP contribution in [0, 0.1) is 17.7 Å². The molecule has 0 saturated heterocycles. The van der Waals surface area contributed by atoms with Crippen molar-refractivity contribution in [1.29, 1.82) is 0 Å².